The Hall–Kier alpha value is -2.87. The molecular formula is C19H25N5O3. The highest BCUT2D eigenvalue weighted by molar-refractivity contribution is 5.95. The van der Waals surface area contributed by atoms with Gasteiger partial charge in [-0.25, -0.2) is 4.79 Å². The van der Waals surface area contributed by atoms with E-state index < -0.39 is 0 Å². The van der Waals surface area contributed by atoms with Gasteiger partial charge >= 0.3 is 6.03 Å². The van der Waals surface area contributed by atoms with E-state index in [1.54, 1.807) is 35.1 Å². The number of benzene rings is 1. The topological polar surface area (TPSA) is 97.3 Å². The van der Waals surface area contributed by atoms with Gasteiger partial charge in [-0.3, -0.25) is 9.48 Å². The molecule has 1 aromatic heterocycles. The number of rotatable bonds is 6. The molecule has 1 aliphatic heterocycles. The minimum Gasteiger partial charge on any atom is -0.376 e. The van der Waals surface area contributed by atoms with Gasteiger partial charge in [0.05, 0.1) is 12.3 Å². The third-order valence-electron chi connectivity index (χ3n) is 4.70. The molecule has 8 nitrogen and oxygen atoms in total. The van der Waals surface area contributed by atoms with Crippen LogP contribution in [0.4, 0.5) is 10.5 Å². The smallest absolute Gasteiger partial charge is 0.319 e. The zero-order valence-corrected chi connectivity index (χ0v) is 15.6. The molecule has 0 aliphatic carbocycles. The predicted molar refractivity (Wildman–Crippen MR) is 102 cm³/mol. The molecular weight excluding hydrogens is 346 g/mol. The van der Waals surface area contributed by atoms with Crippen LogP contribution < -0.4 is 16.0 Å². The monoisotopic (exact) mass is 371 g/mol. The van der Waals surface area contributed by atoms with E-state index in [1.807, 2.05) is 14.0 Å². The van der Waals surface area contributed by atoms with E-state index >= 15 is 0 Å². The van der Waals surface area contributed by atoms with E-state index in [-0.39, 0.29) is 18.0 Å². The van der Waals surface area contributed by atoms with Crippen LogP contribution in [0, 0.1) is 6.92 Å². The van der Waals surface area contributed by atoms with Crippen LogP contribution in [0.3, 0.4) is 0 Å². The van der Waals surface area contributed by atoms with Crippen molar-refractivity contribution in [1.29, 1.82) is 0 Å². The van der Waals surface area contributed by atoms with Gasteiger partial charge in [0.25, 0.3) is 5.91 Å². The molecule has 3 rings (SSSR count). The number of nitrogens with zero attached hydrogens (tertiary/aromatic N) is 2. The third kappa shape index (κ3) is 5.07. The lowest BCUT2D eigenvalue weighted by molar-refractivity contribution is 0.0858. The average Bonchev–Trinajstić information content (AvgIpc) is 3.30. The van der Waals surface area contributed by atoms with Crippen LogP contribution in [0.5, 0.6) is 0 Å². The lowest BCUT2D eigenvalue weighted by Crippen LogP contribution is -2.31. The Morgan fingerprint density at radius 2 is 2.04 bits per heavy atom. The number of nitrogens with one attached hydrogen (secondary N) is 3. The second-order valence-electron chi connectivity index (χ2n) is 6.61. The molecule has 0 spiro atoms. The number of aromatic nitrogens is 2. The molecule has 8 heteroatoms. The number of anilines is 1. The number of urea groups is 1. The number of ether oxygens (including phenoxy) is 1. The van der Waals surface area contributed by atoms with E-state index in [1.165, 1.54) is 0 Å². The number of amides is 3. The van der Waals surface area contributed by atoms with Gasteiger partial charge in [0.1, 0.15) is 0 Å². The number of hydrogen-bond donors (Lipinski definition) is 3. The lowest BCUT2D eigenvalue weighted by atomic mass is 10.2. The predicted octanol–water partition coefficient (Wildman–Crippen LogP) is 1.96. The molecule has 1 unspecified atom stereocenters. The highest BCUT2D eigenvalue weighted by atomic mass is 16.5. The lowest BCUT2D eigenvalue weighted by Gasteiger charge is -2.11. The Morgan fingerprint density at radius 1 is 1.26 bits per heavy atom. The molecule has 0 radical (unpaired) electrons. The average molecular weight is 371 g/mol. The summed E-state index contributed by atoms with van der Waals surface area (Å²) in [4.78, 5) is 24.2. The van der Waals surface area contributed by atoms with E-state index in [2.05, 4.69) is 21.0 Å². The maximum absolute atomic E-state index is 12.2. The molecule has 1 atom stereocenters. The Labute approximate surface area is 158 Å². The SMILES string of the molecule is Cc1c(CNC(=O)Nc2ccc(C(=O)NCC3CCCO3)cc2)cnn1C. The Balaban J connectivity index is 1.45. The van der Waals surface area contributed by atoms with Crippen molar-refractivity contribution in [2.45, 2.75) is 32.4 Å². The van der Waals surface area contributed by atoms with Crippen LogP contribution in [0.1, 0.15) is 34.5 Å². The number of carbonyl (C=O) groups is 2. The van der Waals surface area contributed by atoms with Crippen molar-refractivity contribution in [3.05, 3.63) is 47.3 Å². The summed E-state index contributed by atoms with van der Waals surface area (Å²) < 4.78 is 7.25. The van der Waals surface area contributed by atoms with Crippen LogP contribution in [0.2, 0.25) is 0 Å². The van der Waals surface area contributed by atoms with Crippen LogP contribution in [-0.4, -0.2) is 41.0 Å². The van der Waals surface area contributed by atoms with Gasteiger partial charge in [0, 0.05) is 49.3 Å². The van der Waals surface area contributed by atoms with Gasteiger partial charge < -0.3 is 20.7 Å². The highest BCUT2D eigenvalue weighted by Gasteiger charge is 2.16. The summed E-state index contributed by atoms with van der Waals surface area (Å²) in [5.74, 6) is -0.145. The molecule has 3 amide bonds. The van der Waals surface area contributed by atoms with Crippen molar-refractivity contribution in [2.24, 2.45) is 7.05 Å². The van der Waals surface area contributed by atoms with Crippen molar-refractivity contribution in [2.75, 3.05) is 18.5 Å². The first-order valence-electron chi connectivity index (χ1n) is 9.05. The van der Waals surface area contributed by atoms with Crippen molar-refractivity contribution in [1.82, 2.24) is 20.4 Å². The van der Waals surface area contributed by atoms with E-state index in [0.717, 1.165) is 30.7 Å². The number of aryl methyl sites for hydroxylation is 1. The van der Waals surface area contributed by atoms with E-state index in [0.29, 0.717) is 24.3 Å². The van der Waals surface area contributed by atoms with Crippen molar-refractivity contribution >= 4 is 17.6 Å². The summed E-state index contributed by atoms with van der Waals surface area (Å²) in [6.07, 6.45) is 3.88. The van der Waals surface area contributed by atoms with Crippen LogP contribution in [-0.2, 0) is 18.3 Å². The van der Waals surface area contributed by atoms with Crippen LogP contribution in [0.25, 0.3) is 0 Å². The molecule has 1 aliphatic rings. The van der Waals surface area contributed by atoms with Gasteiger partial charge in [-0.15, -0.1) is 0 Å². The summed E-state index contributed by atoms with van der Waals surface area (Å²) in [6.45, 7) is 3.64. The fourth-order valence-corrected chi connectivity index (χ4v) is 2.89. The first-order valence-corrected chi connectivity index (χ1v) is 9.05. The molecule has 1 fully saturated rings. The molecule has 0 saturated carbocycles. The Kier molecular flexibility index (Phi) is 6.08. The molecule has 144 valence electrons. The standard InChI is InChI=1S/C19H25N5O3/c1-13-15(11-22-24(13)2)10-21-19(26)23-16-7-5-14(6-8-16)18(25)20-12-17-4-3-9-27-17/h5-8,11,17H,3-4,9-10,12H2,1-2H3,(H,20,25)(H2,21,23,26). The van der Waals surface area contributed by atoms with Gasteiger partial charge in [-0.2, -0.15) is 5.10 Å². The third-order valence-corrected chi connectivity index (χ3v) is 4.70. The molecule has 3 N–H and O–H groups in total. The fourth-order valence-electron chi connectivity index (χ4n) is 2.89. The largest absolute Gasteiger partial charge is 0.376 e. The number of carbonyl (C=O) groups excluding carboxylic acids is 2. The quantitative estimate of drug-likeness (QED) is 0.723. The Bertz CT molecular complexity index is 794. The van der Waals surface area contributed by atoms with Crippen molar-refractivity contribution in [3.63, 3.8) is 0 Å². The van der Waals surface area contributed by atoms with Gasteiger partial charge in [0.2, 0.25) is 0 Å². The fraction of sp³-hybridized carbons (Fsp3) is 0.421. The maximum Gasteiger partial charge on any atom is 0.319 e. The van der Waals surface area contributed by atoms with E-state index in [4.69, 9.17) is 4.74 Å². The molecule has 2 heterocycles. The summed E-state index contributed by atoms with van der Waals surface area (Å²) >= 11 is 0. The highest BCUT2D eigenvalue weighted by Crippen LogP contribution is 2.12. The molecule has 2 aromatic rings. The minimum atomic E-state index is -0.311. The first kappa shape index (κ1) is 18.9. The van der Waals surface area contributed by atoms with Crippen LogP contribution >= 0.6 is 0 Å². The molecule has 27 heavy (non-hydrogen) atoms. The maximum atomic E-state index is 12.2. The van der Waals surface area contributed by atoms with E-state index in [9.17, 15) is 9.59 Å². The van der Waals surface area contributed by atoms with Crippen molar-refractivity contribution < 1.29 is 14.3 Å². The summed E-state index contributed by atoms with van der Waals surface area (Å²) in [5, 5.41) is 12.6. The zero-order valence-electron chi connectivity index (χ0n) is 15.6. The Morgan fingerprint density at radius 3 is 2.67 bits per heavy atom. The minimum absolute atomic E-state index is 0.113. The van der Waals surface area contributed by atoms with Gasteiger partial charge in [0.15, 0.2) is 0 Å². The summed E-state index contributed by atoms with van der Waals surface area (Å²) in [7, 11) is 1.86. The van der Waals surface area contributed by atoms with Crippen LogP contribution in [0.15, 0.2) is 30.5 Å². The molecule has 0 bridgehead atoms. The second-order valence-corrected chi connectivity index (χ2v) is 6.61. The number of hydrogen-bond acceptors (Lipinski definition) is 4. The summed E-state index contributed by atoms with van der Waals surface area (Å²) in [5.41, 5.74) is 3.13. The van der Waals surface area contributed by atoms with Crippen molar-refractivity contribution in [3.8, 4) is 0 Å². The molecule has 1 saturated heterocycles. The van der Waals surface area contributed by atoms with Gasteiger partial charge in [-0.1, -0.05) is 0 Å². The molecule has 1 aromatic carbocycles. The summed E-state index contributed by atoms with van der Waals surface area (Å²) in [6, 6.07) is 6.47. The first-order chi connectivity index (χ1) is 13.0. The zero-order chi connectivity index (χ0) is 19.2. The second kappa shape index (κ2) is 8.68. The normalized spacial score (nSPS) is 16.1. The van der Waals surface area contributed by atoms with Gasteiger partial charge in [-0.05, 0) is 44.0 Å².